The summed E-state index contributed by atoms with van der Waals surface area (Å²) in [5, 5.41) is 2.42. The number of aromatic nitrogens is 2. The van der Waals surface area contributed by atoms with Crippen LogP contribution in [0.5, 0.6) is 0 Å². The summed E-state index contributed by atoms with van der Waals surface area (Å²) in [6.45, 7) is 61.6. The van der Waals surface area contributed by atoms with Crippen LogP contribution in [-0.4, -0.2) is 15.8 Å². The van der Waals surface area contributed by atoms with Gasteiger partial charge in [0.15, 0.2) is 0 Å². The standard InChI is InChI=1S/C119H133BN4/c1-111(2,3)70-75-36-32-40-80(56-75)92-64-86(118(22,23)24)65-93(81-41-33-37-76(57-81)71-112(4,5)6)109(92)123-104-68-88(121-100-46-30-28-44-90(100)96-62-84(116(16,17)18)48-54-102(96)121)50-52-98(104)120-99-53-51-89(122-101-47-31-29-45-91(101)97-63-85(117(19,20)21)49-55-103(97)122)69-105(99)124(107-61-79(74-115(13,14)15)60-106(123)108(107)120)110-94(82-42-34-38-77(58-82)72-113(7,8)9)66-87(119(25,26)27)67-95(110)83-43-35-39-78(59-83)73-114(10,11)12/h28-69H,70-74H2,1-27H3/i28D,29D,30D,31D,44D,45D,46D,47D. The Morgan fingerprint density at radius 3 is 0.855 bits per heavy atom. The smallest absolute Gasteiger partial charge is 0.252 e. The van der Waals surface area contributed by atoms with Crippen molar-refractivity contribution < 1.29 is 11.0 Å². The van der Waals surface area contributed by atoms with E-state index in [1.54, 1.807) is 0 Å². The first-order valence-electron chi connectivity index (χ1n) is 49.3. The maximum absolute atomic E-state index is 10.2. The van der Waals surface area contributed by atoms with Crippen molar-refractivity contribution in [1.29, 1.82) is 0 Å². The fraction of sp³-hybridized carbons (Fsp3) is 0.345. The van der Waals surface area contributed by atoms with Gasteiger partial charge in [-0.15, -0.1) is 0 Å². The first-order chi connectivity index (χ1) is 61.4. The SMILES string of the molecule is [2H]c1c([2H])c([2H])c2c(c1[2H])c1cc(C(C)(C)C)ccc1n2-c1ccc2c(c1)N(c1c(-c3cccc(CC(C)(C)C)c3)cc(C(C)(C)C)cc1-c1cccc(CC(C)(C)C)c1)c1cc(CC(C)(C)C)cc3c1B2c1ccc(-n2c4ccc(C(C)(C)C)cc4c4c([2H])c([2H])c([2H])c([2H])c42)cc1N3c1c(-c2cccc(CC(C)(C)C)c2)cc(C(C)(C)C)cc1-c1cccc(CC(C)(C)C)c1. The molecule has 5 heteroatoms. The number of hydrogen-bond acceptors (Lipinski definition) is 2. The maximum Gasteiger partial charge on any atom is 0.252 e. The van der Waals surface area contributed by atoms with E-state index < -0.39 is 6.71 Å². The first-order valence-corrected chi connectivity index (χ1v) is 45.3. The Morgan fingerprint density at radius 1 is 0.258 bits per heavy atom. The first kappa shape index (κ1) is 75.6. The summed E-state index contributed by atoms with van der Waals surface area (Å²) < 4.78 is 82.8. The summed E-state index contributed by atoms with van der Waals surface area (Å²) in [6.07, 6.45) is 4.03. The van der Waals surface area contributed by atoms with Gasteiger partial charge in [-0.25, -0.2) is 0 Å². The number of nitrogens with zero attached hydrogens (tertiary/aromatic N) is 4. The molecule has 0 amide bonds. The number of hydrogen-bond donors (Lipinski definition) is 0. The van der Waals surface area contributed by atoms with Gasteiger partial charge < -0.3 is 18.9 Å². The van der Waals surface area contributed by atoms with Crippen LogP contribution in [0.1, 0.15) is 248 Å². The normalized spacial score (nSPS) is 14.6. The monoisotopic (exact) mass is 1640 g/mol. The zero-order valence-electron chi connectivity index (χ0n) is 87.0. The highest BCUT2D eigenvalue weighted by Crippen LogP contribution is 2.57. The van der Waals surface area contributed by atoms with Gasteiger partial charge in [-0.1, -0.05) is 345 Å². The number of fused-ring (bicyclic) bond motifs is 10. The minimum absolute atomic E-state index is 0.0472. The van der Waals surface area contributed by atoms with Gasteiger partial charge in [-0.05, 0) is 267 Å². The molecule has 0 atom stereocenters. The molecule has 0 unspecified atom stereocenters. The molecule has 2 aliphatic rings. The summed E-state index contributed by atoms with van der Waals surface area (Å²) in [4.78, 5) is 5.30. The van der Waals surface area contributed by atoms with Gasteiger partial charge in [-0.3, -0.25) is 0 Å². The molecule has 4 heterocycles. The molecular formula is C119H133BN4. The lowest BCUT2D eigenvalue weighted by Gasteiger charge is -2.46. The lowest BCUT2D eigenvalue weighted by atomic mass is 9.33. The molecule has 0 bridgehead atoms. The van der Waals surface area contributed by atoms with Crippen LogP contribution in [0.4, 0.5) is 34.1 Å². The van der Waals surface area contributed by atoms with E-state index in [9.17, 15) is 11.0 Å². The molecule has 632 valence electrons. The molecule has 0 N–H and O–H groups in total. The summed E-state index contributed by atoms with van der Waals surface area (Å²) in [7, 11) is 0. The topological polar surface area (TPSA) is 16.3 Å². The number of anilines is 6. The fourth-order valence-corrected chi connectivity index (χ4v) is 19.7. The highest BCUT2D eigenvalue weighted by atomic mass is 15.2. The lowest BCUT2D eigenvalue weighted by Crippen LogP contribution is -2.61. The predicted molar refractivity (Wildman–Crippen MR) is 541 cm³/mol. The van der Waals surface area contributed by atoms with E-state index in [0.717, 1.165) is 171 Å². The van der Waals surface area contributed by atoms with Gasteiger partial charge in [0.25, 0.3) is 6.71 Å². The summed E-state index contributed by atoms with van der Waals surface area (Å²) in [5.41, 5.74) is 29.9. The van der Waals surface area contributed by atoms with E-state index in [1.165, 1.54) is 33.4 Å². The van der Waals surface area contributed by atoms with E-state index >= 15 is 0 Å². The molecule has 0 saturated heterocycles. The molecule has 13 aromatic carbocycles. The Kier molecular flexibility index (Phi) is 18.6. The molecule has 4 nitrogen and oxygen atoms in total. The van der Waals surface area contributed by atoms with Crippen LogP contribution in [-0.2, 0) is 53.8 Å². The molecule has 0 fully saturated rings. The molecule has 15 aromatic rings. The van der Waals surface area contributed by atoms with Crippen molar-refractivity contribution >= 4 is 101 Å². The minimum atomic E-state index is -0.536. The number of para-hydroxylation sites is 2. The van der Waals surface area contributed by atoms with Crippen molar-refractivity contribution in [1.82, 2.24) is 9.13 Å². The zero-order chi connectivity index (χ0) is 95.4. The number of benzene rings is 13. The minimum Gasteiger partial charge on any atom is -0.310 e. The Balaban J connectivity index is 1.12. The third-order valence-corrected chi connectivity index (χ3v) is 25.2. The van der Waals surface area contributed by atoms with Crippen LogP contribution in [0, 0.1) is 27.1 Å². The van der Waals surface area contributed by atoms with Gasteiger partial charge in [0.2, 0.25) is 0 Å². The van der Waals surface area contributed by atoms with E-state index in [1.807, 2.05) is 0 Å². The Labute approximate surface area is 754 Å². The molecule has 0 radical (unpaired) electrons. The lowest BCUT2D eigenvalue weighted by molar-refractivity contribution is 0.411. The second-order valence-corrected chi connectivity index (χ2v) is 46.5. The van der Waals surface area contributed by atoms with Gasteiger partial charge in [0, 0.05) is 77.9 Å². The zero-order valence-corrected chi connectivity index (χ0v) is 79.0. The van der Waals surface area contributed by atoms with Crippen LogP contribution in [0.2, 0.25) is 0 Å². The fourth-order valence-electron chi connectivity index (χ4n) is 19.7. The average Bonchev–Trinajstić information content (AvgIpc) is 1.01. The Bertz CT molecular complexity index is 6650. The summed E-state index contributed by atoms with van der Waals surface area (Å²) in [6, 6.07) is 77.4. The van der Waals surface area contributed by atoms with Crippen molar-refractivity contribution in [3.63, 3.8) is 0 Å². The molecule has 2 aliphatic heterocycles. The molecule has 0 saturated carbocycles. The Hall–Kier alpha value is -10.9. The van der Waals surface area contributed by atoms with Crippen molar-refractivity contribution in [2.24, 2.45) is 27.1 Å². The molecule has 17 rings (SSSR count). The summed E-state index contributed by atoms with van der Waals surface area (Å²) in [5.74, 6) is 0. The Morgan fingerprint density at radius 2 is 0.556 bits per heavy atom. The third-order valence-electron chi connectivity index (χ3n) is 25.2. The van der Waals surface area contributed by atoms with Gasteiger partial charge in [-0.2, -0.15) is 0 Å². The molecule has 2 aromatic heterocycles. The second kappa shape index (κ2) is 30.5. The summed E-state index contributed by atoms with van der Waals surface area (Å²) >= 11 is 0. The molecule has 0 spiro atoms. The van der Waals surface area contributed by atoms with E-state index in [2.05, 4.69) is 412 Å². The van der Waals surface area contributed by atoms with Gasteiger partial charge >= 0.3 is 0 Å². The molecular weight excluding hydrogens is 1500 g/mol. The quantitative estimate of drug-likeness (QED) is 0.107. The highest BCUT2D eigenvalue weighted by Gasteiger charge is 2.47. The maximum atomic E-state index is 10.2. The predicted octanol–water partition coefficient (Wildman–Crippen LogP) is 31.8. The van der Waals surface area contributed by atoms with Gasteiger partial charge in [0.1, 0.15) is 0 Å². The van der Waals surface area contributed by atoms with Crippen LogP contribution in [0.25, 0.3) is 99.5 Å². The average molecular weight is 1640 g/mol. The van der Waals surface area contributed by atoms with Gasteiger partial charge in [0.05, 0.1) is 44.4 Å². The van der Waals surface area contributed by atoms with Crippen LogP contribution >= 0.6 is 0 Å². The largest absolute Gasteiger partial charge is 0.310 e. The van der Waals surface area contributed by atoms with Crippen LogP contribution < -0.4 is 26.2 Å². The van der Waals surface area contributed by atoms with Crippen LogP contribution in [0.3, 0.4) is 0 Å². The van der Waals surface area contributed by atoms with Crippen LogP contribution in [0.15, 0.2) is 255 Å². The molecule has 124 heavy (non-hydrogen) atoms. The second-order valence-electron chi connectivity index (χ2n) is 46.5. The van der Waals surface area contributed by atoms with Crippen molar-refractivity contribution in [2.75, 3.05) is 9.80 Å². The van der Waals surface area contributed by atoms with E-state index in [0.29, 0.717) is 28.2 Å². The third kappa shape index (κ3) is 16.7. The molecule has 0 aliphatic carbocycles. The van der Waals surface area contributed by atoms with Crippen molar-refractivity contribution in [3.05, 3.63) is 305 Å². The number of rotatable bonds is 13. The van der Waals surface area contributed by atoms with Crippen molar-refractivity contribution in [2.45, 2.75) is 241 Å². The highest BCUT2D eigenvalue weighted by molar-refractivity contribution is 7.00. The van der Waals surface area contributed by atoms with Crippen molar-refractivity contribution in [3.8, 4) is 55.9 Å². The van der Waals surface area contributed by atoms with E-state index in [4.69, 9.17) is 0 Å². The van der Waals surface area contributed by atoms with E-state index in [-0.39, 0.29) is 97.1 Å².